The number of hydrogen-bond donors (Lipinski definition) is 0. The van der Waals surface area contributed by atoms with Crippen molar-refractivity contribution in [3.8, 4) is 11.5 Å². The lowest BCUT2D eigenvalue weighted by molar-refractivity contribution is 0.472. The molecule has 0 aliphatic rings. The van der Waals surface area contributed by atoms with E-state index in [9.17, 15) is 4.39 Å². The van der Waals surface area contributed by atoms with Crippen LogP contribution in [0.1, 0.15) is 11.1 Å². The first-order valence-electron chi connectivity index (χ1n) is 5.12. The molecule has 0 saturated heterocycles. The van der Waals surface area contributed by atoms with Crippen LogP contribution in [0.3, 0.4) is 0 Å². The maximum Gasteiger partial charge on any atom is 0.134 e. The van der Waals surface area contributed by atoms with Crippen LogP contribution in [0.4, 0.5) is 4.39 Å². The van der Waals surface area contributed by atoms with Crippen molar-refractivity contribution >= 4 is 11.6 Å². The van der Waals surface area contributed by atoms with Gasteiger partial charge in [0.05, 0.1) is 0 Å². The standard InChI is InChI=1S/C13H11ClFNO/c1-8-5-10(15)3-4-11(8)17-12-6-13(14)16-7-9(12)2/h3-7H,1-2H3. The molecule has 0 atom stereocenters. The molecule has 0 amide bonds. The zero-order valence-electron chi connectivity index (χ0n) is 9.50. The molecule has 0 unspecified atom stereocenters. The van der Waals surface area contributed by atoms with E-state index in [0.717, 1.165) is 11.1 Å². The van der Waals surface area contributed by atoms with Crippen LogP contribution in [0.15, 0.2) is 30.5 Å². The summed E-state index contributed by atoms with van der Waals surface area (Å²) in [6.07, 6.45) is 1.64. The number of aryl methyl sites for hydroxylation is 2. The number of pyridine rings is 1. The Hall–Kier alpha value is -1.61. The Morgan fingerprint density at radius 2 is 1.88 bits per heavy atom. The highest BCUT2D eigenvalue weighted by atomic mass is 35.5. The van der Waals surface area contributed by atoms with Crippen molar-refractivity contribution in [3.05, 3.63) is 52.6 Å². The van der Waals surface area contributed by atoms with Crippen LogP contribution in [0.25, 0.3) is 0 Å². The van der Waals surface area contributed by atoms with Crippen LogP contribution in [-0.2, 0) is 0 Å². The Kier molecular flexibility index (Phi) is 3.29. The number of rotatable bonds is 2. The Morgan fingerprint density at radius 3 is 2.59 bits per heavy atom. The van der Waals surface area contributed by atoms with Gasteiger partial charge >= 0.3 is 0 Å². The molecule has 0 N–H and O–H groups in total. The van der Waals surface area contributed by atoms with Gasteiger partial charge in [0.15, 0.2) is 0 Å². The van der Waals surface area contributed by atoms with Crippen molar-refractivity contribution in [2.45, 2.75) is 13.8 Å². The molecule has 1 heterocycles. The highest BCUT2D eigenvalue weighted by molar-refractivity contribution is 6.29. The quantitative estimate of drug-likeness (QED) is 0.743. The van der Waals surface area contributed by atoms with E-state index < -0.39 is 0 Å². The molecule has 0 bridgehead atoms. The Morgan fingerprint density at radius 1 is 1.12 bits per heavy atom. The van der Waals surface area contributed by atoms with E-state index in [-0.39, 0.29) is 5.82 Å². The maximum absolute atomic E-state index is 12.9. The molecule has 2 aromatic rings. The van der Waals surface area contributed by atoms with Gasteiger partial charge in [0.25, 0.3) is 0 Å². The van der Waals surface area contributed by atoms with Gasteiger partial charge in [-0.15, -0.1) is 0 Å². The number of benzene rings is 1. The van der Waals surface area contributed by atoms with Crippen molar-refractivity contribution < 1.29 is 9.13 Å². The van der Waals surface area contributed by atoms with Crippen molar-refractivity contribution in [2.24, 2.45) is 0 Å². The van der Waals surface area contributed by atoms with E-state index in [0.29, 0.717) is 16.7 Å². The summed E-state index contributed by atoms with van der Waals surface area (Å²) < 4.78 is 18.6. The lowest BCUT2D eigenvalue weighted by atomic mass is 10.2. The SMILES string of the molecule is Cc1cc(F)ccc1Oc1cc(Cl)ncc1C. The third-order valence-electron chi connectivity index (χ3n) is 2.38. The van der Waals surface area contributed by atoms with E-state index in [1.54, 1.807) is 25.3 Å². The topological polar surface area (TPSA) is 22.1 Å². The van der Waals surface area contributed by atoms with Gasteiger partial charge in [-0.1, -0.05) is 11.6 Å². The highest BCUT2D eigenvalue weighted by Gasteiger charge is 2.06. The van der Waals surface area contributed by atoms with Gasteiger partial charge in [0.2, 0.25) is 0 Å². The number of halogens is 2. The Bertz CT molecular complexity index is 557. The van der Waals surface area contributed by atoms with Gasteiger partial charge in [-0.3, -0.25) is 0 Å². The molecule has 0 spiro atoms. The molecule has 2 rings (SSSR count). The van der Waals surface area contributed by atoms with E-state index in [4.69, 9.17) is 16.3 Å². The van der Waals surface area contributed by atoms with E-state index in [2.05, 4.69) is 4.98 Å². The first kappa shape index (κ1) is 11.9. The molecule has 0 aliphatic carbocycles. The minimum Gasteiger partial charge on any atom is -0.457 e. The fraction of sp³-hybridized carbons (Fsp3) is 0.154. The number of aromatic nitrogens is 1. The second-order valence-corrected chi connectivity index (χ2v) is 4.17. The molecule has 1 aromatic carbocycles. The fourth-order valence-corrected chi connectivity index (χ4v) is 1.59. The van der Waals surface area contributed by atoms with E-state index in [1.165, 1.54) is 12.1 Å². The van der Waals surface area contributed by atoms with Crippen LogP contribution in [0.2, 0.25) is 5.15 Å². The molecule has 1 aromatic heterocycles. The van der Waals surface area contributed by atoms with Crippen molar-refractivity contribution in [1.82, 2.24) is 4.98 Å². The molecule has 17 heavy (non-hydrogen) atoms. The van der Waals surface area contributed by atoms with Gasteiger partial charge in [-0.05, 0) is 37.6 Å². The Labute approximate surface area is 104 Å². The van der Waals surface area contributed by atoms with Gasteiger partial charge in [-0.25, -0.2) is 9.37 Å². The number of hydrogen-bond acceptors (Lipinski definition) is 2. The molecular weight excluding hydrogens is 241 g/mol. The van der Waals surface area contributed by atoms with Gasteiger partial charge in [0.1, 0.15) is 22.5 Å². The monoisotopic (exact) mass is 251 g/mol. The largest absolute Gasteiger partial charge is 0.457 e. The normalized spacial score (nSPS) is 10.4. The minimum atomic E-state index is -0.278. The van der Waals surface area contributed by atoms with Crippen molar-refractivity contribution in [1.29, 1.82) is 0 Å². The third kappa shape index (κ3) is 2.74. The van der Waals surface area contributed by atoms with E-state index >= 15 is 0 Å². The third-order valence-corrected chi connectivity index (χ3v) is 2.58. The number of nitrogens with zero attached hydrogens (tertiary/aromatic N) is 1. The molecule has 0 aliphatic heterocycles. The van der Waals surface area contributed by atoms with Crippen molar-refractivity contribution in [2.75, 3.05) is 0 Å². The predicted molar refractivity (Wildman–Crippen MR) is 65.2 cm³/mol. The molecule has 2 nitrogen and oxygen atoms in total. The number of ether oxygens (including phenoxy) is 1. The molecule has 4 heteroatoms. The van der Waals surface area contributed by atoms with Crippen LogP contribution < -0.4 is 4.74 Å². The molecular formula is C13H11ClFNO. The summed E-state index contributed by atoms with van der Waals surface area (Å²) in [6.45, 7) is 3.66. The smallest absolute Gasteiger partial charge is 0.134 e. The molecule has 0 radical (unpaired) electrons. The van der Waals surface area contributed by atoms with Gasteiger partial charge in [-0.2, -0.15) is 0 Å². The lowest BCUT2D eigenvalue weighted by Crippen LogP contribution is -1.92. The zero-order valence-corrected chi connectivity index (χ0v) is 10.3. The van der Waals surface area contributed by atoms with Crippen molar-refractivity contribution in [3.63, 3.8) is 0 Å². The van der Waals surface area contributed by atoms with Crippen LogP contribution in [0.5, 0.6) is 11.5 Å². The second kappa shape index (κ2) is 4.72. The Balaban J connectivity index is 2.34. The average molecular weight is 252 g/mol. The fourth-order valence-electron chi connectivity index (χ4n) is 1.44. The van der Waals surface area contributed by atoms with Gasteiger partial charge < -0.3 is 4.74 Å². The predicted octanol–water partition coefficient (Wildman–Crippen LogP) is 4.28. The summed E-state index contributed by atoms with van der Waals surface area (Å²) in [5.41, 5.74) is 1.61. The molecule has 0 saturated carbocycles. The first-order valence-corrected chi connectivity index (χ1v) is 5.50. The maximum atomic E-state index is 12.9. The highest BCUT2D eigenvalue weighted by Crippen LogP contribution is 2.29. The summed E-state index contributed by atoms with van der Waals surface area (Å²) in [7, 11) is 0. The van der Waals surface area contributed by atoms with Gasteiger partial charge in [0, 0.05) is 17.8 Å². The molecule has 0 fully saturated rings. The van der Waals surface area contributed by atoms with Crippen LogP contribution >= 0.6 is 11.6 Å². The first-order chi connectivity index (χ1) is 8.06. The summed E-state index contributed by atoms with van der Waals surface area (Å²) in [5, 5.41) is 0.366. The minimum absolute atomic E-state index is 0.278. The zero-order chi connectivity index (χ0) is 12.4. The summed E-state index contributed by atoms with van der Waals surface area (Å²) in [5.74, 6) is 0.954. The summed E-state index contributed by atoms with van der Waals surface area (Å²) >= 11 is 5.80. The average Bonchev–Trinajstić information content (AvgIpc) is 2.27. The molecule has 88 valence electrons. The second-order valence-electron chi connectivity index (χ2n) is 3.78. The van der Waals surface area contributed by atoms with Crippen LogP contribution in [0, 0.1) is 19.7 Å². The lowest BCUT2D eigenvalue weighted by Gasteiger charge is -2.10. The van der Waals surface area contributed by atoms with E-state index in [1.807, 2.05) is 6.92 Å². The van der Waals surface area contributed by atoms with Crippen LogP contribution in [-0.4, -0.2) is 4.98 Å². The summed E-state index contributed by atoms with van der Waals surface area (Å²) in [4.78, 5) is 3.94. The summed E-state index contributed by atoms with van der Waals surface area (Å²) in [6, 6.07) is 6.02.